The first-order valence-corrected chi connectivity index (χ1v) is 7.86. The van der Waals surface area contributed by atoms with E-state index in [4.69, 9.17) is 11.6 Å². The van der Waals surface area contributed by atoms with E-state index in [9.17, 15) is 5.26 Å². The second-order valence-electron chi connectivity index (χ2n) is 6.46. The van der Waals surface area contributed by atoms with Crippen molar-refractivity contribution in [1.82, 2.24) is 0 Å². The summed E-state index contributed by atoms with van der Waals surface area (Å²) in [6.07, 6.45) is 6.52. The zero-order valence-corrected chi connectivity index (χ0v) is 13.1. The van der Waals surface area contributed by atoms with Gasteiger partial charge in [-0.05, 0) is 48.8 Å². The molecule has 108 valence electrons. The van der Waals surface area contributed by atoms with Crippen LogP contribution in [0.4, 0.5) is 5.69 Å². The Bertz CT molecular complexity index is 496. The van der Waals surface area contributed by atoms with Crippen molar-refractivity contribution in [3.8, 4) is 6.07 Å². The minimum atomic E-state index is 0.403. The Balaban J connectivity index is 2.08. The predicted octanol–water partition coefficient (Wildman–Crippen LogP) is 5.23. The van der Waals surface area contributed by atoms with Crippen molar-refractivity contribution in [2.75, 3.05) is 11.9 Å². The first-order valence-electron chi connectivity index (χ1n) is 7.48. The molecule has 0 aromatic heterocycles. The Hall–Kier alpha value is -1.20. The van der Waals surface area contributed by atoms with Gasteiger partial charge in [0.05, 0.1) is 11.3 Å². The number of anilines is 1. The molecular formula is C17H23ClN2. The highest BCUT2D eigenvalue weighted by molar-refractivity contribution is 6.30. The first kappa shape index (κ1) is 15.2. The zero-order chi connectivity index (χ0) is 14.6. The van der Waals surface area contributed by atoms with Gasteiger partial charge in [0.25, 0.3) is 0 Å². The summed E-state index contributed by atoms with van der Waals surface area (Å²) in [4.78, 5) is 0. The molecule has 2 rings (SSSR count). The highest BCUT2D eigenvalue weighted by Gasteiger charge is 2.34. The van der Waals surface area contributed by atoms with Gasteiger partial charge >= 0.3 is 0 Å². The average molecular weight is 291 g/mol. The van der Waals surface area contributed by atoms with Gasteiger partial charge in [0.2, 0.25) is 0 Å². The van der Waals surface area contributed by atoms with Crippen molar-refractivity contribution in [2.24, 2.45) is 11.3 Å². The zero-order valence-electron chi connectivity index (χ0n) is 12.4. The number of rotatable bonds is 5. The number of nitriles is 1. The molecule has 1 N–H and O–H groups in total. The summed E-state index contributed by atoms with van der Waals surface area (Å²) < 4.78 is 0. The van der Waals surface area contributed by atoms with Crippen LogP contribution < -0.4 is 5.32 Å². The largest absolute Gasteiger partial charge is 0.383 e. The molecule has 0 bridgehead atoms. The number of benzene rings is 1. The van der Waals surface area contributed by atoms with Crippen LogP contribution >= 0.6 is 11.6 Å². The molecular weight excluding hydrogens is 268 g/mol. The fourth-order valence-corrected chi connectivity index (χ4v) is 3.66. The first-order chi connectivity index (χ1) is 9.54. The van der Waals surface area contributed by atoms with Crippen LogP contribution in [0.3, 0.4) is 0 Å². The SMILES string of the molecule is CC(C)CC1(CNc2ccc(Cl)cc2C#N)CCCC1. The lowest BCUT2D eigenvalue weighted by atomic mass is 9.78. The molecule has 2 nitrogen and oxygen atoms in total. The molecule has 0 radical (unpaired) electrons. The van der Waals surface area contributed by atoms with Crippen LogP contribution in [0.25, 0.3) is 0 Å². The quantitative estimate of drug-likeness (QED) is 0.806. The van der Waals surface area contributed by atoms with Gasteiger partial charge in [0.15, 0.2) is 0 Å². The van der Waals surface area contributed by atoms with E-state index in [1.165, 1.54) is 32.1 Å². The summed E-state index contributed by atoms with van der Waals surface area (Å²) in [5, 5.41) is 13.3. The molecule has 0 heterocycles. The highest BCUT2D eigenvalue weighted by atomic mass is 35.5. The Morgan fingerprint density at radius 3 is 2.65 bits per heavy atom. The molecule has 0 spiro atoms. The van der Waals surface area contributed by atoms with E-state index < -0.39 is 0 Å². The second kappa shape index (κ2) is 6.50. The van der Waals surface area contributed by atoms with Crippen LogP contribution in [-0.2, 0) is 0 Å². The predicted molar refractivity (Wildman–Crippen MR) is 85.0 cm³/mol. The van der Waals surface area contributed by atoms with Crippen molar-refractivity contribution in [3.63, 3.8) is 0 Å². The van der Waals surface area contributed by atoms with Crippen molar-refractivity contribution in [3.05, 3.63) is 28.8 Å². The molecule has 0 aliphatic heterocycles. The fourth-order valence-electron chi connectivity index (χ4n) is 3.49. The van der Waals surface area contributed by atoms with Gasteiger partial charge in [-0.1, -0.05) is 38.3 Å². The number of nitrogens with one attached hydrogen (secondary N) is 1. The Morgan fingerprint density at radius 1 is 1.35 bits per heavy atom. The molecule has 0 amide bonds. The van der Waals surface area contributed by atoms with E-state index in [0.29, 0.717) is 16.0 Å². The molecule has 1 aliphatic carbocycles. The van der Waals surface area contributed by atoms with Crippen LogP contribution in [0.5, 0.6) is 0 Å². The Kier molecular flexibility index (Phi) is 4.94. The summed E-state index contributed by atoms with van der Waals surface area (Å²) in [6, 6.07) is 7.71. The van der Waals surface area contributed by atoms with E-state index in [1.807, 2.05) is 12.1 Å². The fraction of sp³-hybridized carbons (Fsp3) is 0.588. The van der Waals surface area contributed by atoms with Crippen molar-refractivity contribution >= 4 is 17.3 Å². The van der Waals surface area contributed by atoms with Gasteiger partial charge in [-0.15, -0.1) is 0 Å². The third kappa shape index (κ3) is 3.67. The maximum absolute atomic E-state index is 9.20. The average Bonchev–Trinajstić information content (AvgIpc) is 2.85. The van der Waals surface area contributed by atoms with Gasteiger partial charge in [0, 0.05) is 11.6 Å². The molecule has 1 saturated carbocycles. The minimum absolute atomic E-state index is 0.403. The van der Waals surface area contributed by atoms with E-state index in [0.717, 1.165) is 18.2 Å². The summed E-state index contributed by atoms with van der Waals surface area (Å²) in [5.41, 5.74) is 1.95. The lowest BCUT2D eigenvalue weighted by Crippen LogP contribution is -2.28. The molecule has 0 atom stereocenters. The van der Waals surface area contributed by atoms with Gasteiger partial charge in [-0.2, -0.15) is 5.26 Å². The topological polar surface area (TPSA) is 35.8 Å². The smallest absolute Gasteiger partial charge is 0.101 e. The summed E-state index contributed by atoms with van der Waals surface area (Å²) in [7, 11) is 0. The third-order valence-corrected chi connectivity index (χ3v) is 4.50. The van der Waals surface area contributed by atoms with Crippen molar-refractivity contribution < 1.29 is 0 Å². The lowest BCUT2D eigenvalue weighted by molar-refractivity contribution is 0.252. The van der Waals surface area contributed by atoms with Gasteiger partial charge < -0.3 is 5.32 Å². The molecule has 1 aliphatic rings. The molecule has 1 aromatic rings. The molecule has 1 aromatic carbocycles. The number of nitrogens with zero attached hydrogens (tertiary/aromatic N) is 1. The normalized spacial score (nSPS) is 17.1. The van der Waals surface area contributed by atoms with Crippen LogP contribution in [0.15, 0.2) is 18.2 Å². The molecule has 3 heteroatoms. The monoisotopic (exact) mass is 290 g/mol. The van der Waals surface area contributed by atoms with Crippen LogP contribution in [0.1, 0.15) is 51.5 Å². The van der Waals surface area contributed by atoms with Gasteiger partial charge in [0.1, 0.15) is 6.07 Å². The number of hydrogen-bond donors (Lipinski definition) is 1. The summed E-state index contributed by atoms with van der Waals surface area (Å²) in [5.74, 6) is 0.718. The van der Waals surface area contributed by atoms with E-state index in [2.05, 4.69) is 25.2 Å². The third-order valence-electron chi connectivity index (χ3n) is 4.26. The van der Waals surface area contributed by atoms with Crippen LogP contribution in [0, 0.1) is 22.7 Å². The minimum Gasteiger partial charge on any atom is -0.383 e. The van der Waals surface area contributed by atoms with Crippen molar-refractivity contribution in [1.29, 1.82) is 5.26 Å². The van der Waals surface area contributed by atoms with E-state index in [-0.39, 0.29) is 0 Å². The molecule has 20 heavy (non-hydrogen) atoms. The van der Waals surface area contributed by atoms with Crippen molar-refractivity contribution in [2.45, 2.75) is 46.0 Å². The standard InChI is InChI=1S/C17H23ClN2/c1-13(2)10-17(7-3-4-8-17)12-20-16-6-5-15(18)9-14(16)11-19/h5-6,9,13,20H,3-4,7-8,10,12H2,1-2H3. The summed E-state index contributed by atoms with van der Waals surface area (Å²) >= 11 is 5.94. The Morgan fingerprint density at radius 2 is 2.05 bits per heavy atom. The molecule has 1 fully saturated rings. The van der Waals surface area contributed by atoms with Crippen LogP contribution in [-0.4, -0.2) is 6.54 Å². The maximum Gasteiger partial charge on any atom is 0.101 e. The molecule has 0 unspecified atom stereocenters. The maximum atomic E-state index is 9.20. The van der Waals surface area contributed by atoms with Gasteiger partial charge in [-0.3, -0.25) is 0 Å². The van der Waals surface area contributed by atoms with E-state index in [1.54, 1.807) is 6.07 Å². The van der Waals surface area contributed by atoms with Gasteiger partial charge in [-0.25, -0.2) is 0 Å². The Labute approximate surface area is 127 Å². The number of hydrogen-bond acceptors (Lipinski definition) is 2. The van der Waals surface area contributed by atoms with Crippen LogP contribution in [0.2, 0.25) is 5.02 Å². The second-order valence-corrected chi connectivity index (χ2v) is 6.90. The highest BCUT2D eigenvalue weighted by Crippen LogP contribution is 2.43. The molecule has 0 saturated heterocycles. The van der Waals surface area contributed by atoms with E-state index >= 15 is 0 Å². The number of halogens is 1. The summed E-state index contributed by atoms with van der Waals surface area (Å²) in [6.45, 7) is 5.55. The lowest BCUT2D eigenvalue weighted by Gasteiger charge is -2.31.